The fourth-order valence-corrected chi connectivity index (χ4v) is 5.54. The Morgan fingerprint density at radius 1 is 0.978 bits per heavy atom. The molecule has 0 bridgehead atoms. The number of amides is 3. The van der Waals surface area contributed by atoms with Crippen LogP contribution in [0.25, 0.3) is 33.4 Å². The molecule has 5 rings (SSSR count). The van der Waals surface area contributed by atoms with Crippen molar-refractivity contribution in [3.05, 3.63) is 76.1 Å². The molecular formula is C36H39N3O6. The average Bonchev–Trinajstić information content (AvgIpc) is 3.36. The van der Waals surface area contributed by atoms with Crippen molar-refractivity contribution < 1.29 is 31.2 Å². The van der Waals surface area contributed by atoms with Crippen LogP contribution in [-0.4, -0.2) is 53.8 Å². The molecule has 1 fully saturated rings. The third-order valence-corrected chi connectivity index (χ3v) is 8.11. The molecule has 0 unspecified atom stereocenters. The van der Waals surface area contributed by atoms with E-state index in [2.05, 4.69) is 4.99 Å². The fourth-order valence-electron chi connectivity index (χ4n) is 5.54. The molecule has 0 spiro atoms. The summed E-state index contributed by atoms with van der Waals surface area (Å²) in [6.45, 7) is 8.58. The molecule has 2 aromatic rings. The van der Waals surface area contributed by atoms with Gasteiger partial charge in [0.2, 0.25) is 0 Å². The molecule has 45 heavy (non-hydrogen) atoms. The maximum atomic E-state index is 14.0. The van der Waals surface area contributed by atoms with Crippen molar-refractivity contribution in [2.45, 2.75) is 66.2 Å². The van der Waals surface area contributed by atoms with Gasteiger partial charge in [0.1, 0.15) is 11.3 Å². The number of unbranched alkanes of at least 4 members (excludes halogenated alkanes) is 2. The van der Waals surface area contributed by atoms with Gasteiger partial charge < -0.3 is 14.2 Å². The zero-order valence-corrected chi connectivity index (χ0v) is 26.4. The Kier molecular flexibility index (Phi) is 8.66. The summed E-state index contributed by atoms with van der Waals surface area (Å²) >= 11 is 0. The molecule has 2 heterocycles. The lowest BCUT2D eigenvalue weighted by molar-refractivity contribution is -0.197. The van der Waals surface area contributed by atoms with Crippen molar-refractivity contribution in [3.63, 3.8) is 0 Å². The summed E-state index contributed by atoms with van der Waals surface area (Å²) in [5.74, 6) is -1.53. The molecule has 2 aliphatic heterocycles. The van der Waals surface area contributed by atoms with Crippen molar-refractivity contribution in [1.82, 2.24) is 9.96 Å². The molecule has 9 heteroatoms. The van der Waals surface area contributed by atoms with Gasteiger partial charge in [0, 0.05) is 67.5 Å². The predicted molar refractivity (Wildman–Crippen MR) is 171 cm³/mol. The highest BCUT2D eigenvalue weighted by molar-refractivity contribution is 6.09. The smallest absolute Gasteiger partial charge is 0.333 e. The summed E-state index contributed by atoms with van der Waals surface area (Å²) in [6, 6.07) is 11.7. The van der Waals surface area contributed by atoms with E-state index in [0.29, 0.717) is 76.2 Å². The van der Waals surface area contributed by atoms with E-state index in [9.17, 15) is 19.2 Å². The molecule has 3 amide bonds. The van der Waals surface area contributed by atoms with Crippen molar-refractivity contribution in [1.29, 1.82) is 0 Å². The van der Waals surface area contributed by atoms with Crippen molar-refractivity contribution >= 4 is 34.7 Å². The first-order valence-corrected chi connectivity index (χ1v) is 15.3. The second-order valence-electron chi connectivity index (χ2n) is 11.4. The van der Waals surface area contributed by atoms with Gasteiger partial charge in [-0.1, -0.05) is 24.6 Å². The highest BCUT2D eigenvalue weighted by atomic mass is 16.7. The standard InChI is InChI=1S/C36H39N3O6/c1-6-37-29-21-31-28(19-24(29)4)35(27-18-22(2)23(3)20-30(27)44-31)25-12-9-10-13-26(25)36(43)38(5)17-11-7-8-14-34(42)45-39-32(40)15-16-33(39)41/h9-10,12-13,18-21H,6-8,11,14-17H2,1-5H3/b37-29-/i20D,21D. The largest absolute Gasteiger partial charge is 0.456 e. The number of rotatable bonds is 10. The van der Waals surface area contributed by atoms with Crippen molar-refractivity contribution in [2.24, 2.45) is 4.99 Å². The zero-order chi connectivity index (χ0) is 34.0. The Labute approximate surface area is 265 Å². The lowest BCUT2D eigenvalue weighted by Crippen LogP contribution is -2.32. The normalized spacial score (nSPS) is 14.3. The van der Waals surface area contributed by atoms with E-state index in [0.717, 1.165) is 22.3 Å². The minimum absolute atomic E-state index is 0.0489. The highest BCUT2D eigenvalue weighted by Gasteiger charge is 2.32. The topological polar surface area (TPSA) is 109 Å². The van der Waals surface area contributed by atoms with Gasteiger partial charge >= 0.3 is 5.97 Å². The van der Waals surface area contributed by atoms with Crippen LogP contribution < -0.4 is 5.36 Å². The first-order valence-electron chi connectivity index (χ1n) is 16.3. The Morgan fingerprint density at radius 2 is 1.71 bits per heavy atom. The maximum absolute atomic E-state index is 14.0. The van der Waals surface area contributed by atoms with Crippen LogP contribution >= 0.6 is 0 Å². The number of hydroxylamine groups is 2. The van der Waals surface area contributed by atoms with Crippen LogP contribution in [0.5, 0.6) is 0 Å². The minimum Gasteiger partial charge on any atom is -0.456 e. The number of hydrogen-bond donors (Lipinski definition) is 0. The Morgan fingerprint density at radius 3 is 2.44 bits per heavy atom. The van der Waals surface area contributed by atoms with Gasteiger partial charge in [0.05, 0.1) is 8.10 Å². The fraction of sp³-hybridized carbons (Fsp3) is 0.361. The predicted octanol–water partition coefficient (Wildman–Crippen LogP) is 6.29. The number of aryl methyl sites for hydroxylation is 2. The van der Waals surface area contributed by atoms with Crippen molar-refractivity contribution in [2.75, 3.05) is 20.1 Å². The SMILES string of the molecule is [2H]c1c2oc3c([2H])c(C)c(C)cc3c(-c3ccccc3C(=O)N(C)CCCCCC(=O)ON3C(=O)CCC3=O)c-2cc(C)/c1=N\CC. The Bertz CT molecular complexity index is 1930. The van der Waals surface area contributed by atoms with Crippen LogP contribution in [0.4, 0.5) is 0 Å². The number of benzene rings is 3. The van der Waals surface area contributed by atoms with Crippen LogP contribution in [0.2, 0.25) is 0 Å². The Hall–Kier alpha value is -4.79. The molecule has 2 aromatic carbocycles. The van der Waals surface area contributed by atoms with E-state index in [1.54, 1.807) is 18.0 Å². The monoisotopic (exact) mass is 611 g/mol. The molecule has 1 aliphatic carbocycles. The molecular weight excluding hydrogens is 570 g/mol. The zero-order valence-electron chi connectivity index (χ0n) is 28.4. The van der Waals surface area contributed by atoms with E-state index in [-0.39, 0.29) is 37.3 Å². The van der Waals surface area contributed by atoms with Gasteiger partial charge in [-0.25, -0.2) is 4.79 Å². The summed E-state index contributed by atoms with van der Waals surface area (Å²) in [5.41, 5.74) is 5.41. The second-order valence-corrected chi connectivity index (χ2v) is 11.4. The number of carbonyl (C=O) groups excluding carboxylic acids is 4. The lowest BCUT2D eigenvalue weighted by atomic mass is 9.88. The van der Waals surface area contributed by atoms with E-state index in [1.165, 1.54) is 0 Å². The van der Waals surface area contributed by atoms with Gasteiger partial charge in [-0.05, 0) is 87.0 Å². The van der Waals surface area contributed by atoms with Gasteiger partial charge in [-0.15, -0.1) is 5.06 Å². The van der Waals surface area contributed by atoms with Gasteiger partial charge in [0.15, 0.2) is 0 Å². The first kappa shape index (κ1) is 29.0. The third kappa shape index (κ3) is 6.67. The molecule has 234 valence electrons. The maximum Gasteiger partial charge on any atom is 0.333 e. The molecule has 0 radical (unpaired) electrons. The van der Waals surface area contributed by atoms with Crippen LogP contribution in [0.1, 0.15) is 75.2 Å². The third-order valence-electron chi connectivity index (χ3n) is 8.11. The number of carbonyl (C=O) groups is 4. The molecule has 0 atom stereocenters. The van der Waals surface area contributed by atoms with Crippen LogP contribution in [-0.2, 0) is 19.2 Å². The number of hydrogen-bond acceptors (Lipinski definition) is 7. The van der Waals surface area contributed by atoms with E-state index in [4.69, 9.17) is 12.0 Å². The molecule has 0 N–H and O–H groups in total. The lowest BCUT2D eigenvalue weighted by Gasteiger charge is -2.22. The van der Waals surface area contributed by atoms with Gasteiger partial charge in [-0.2, -0.15) is 0 Å². The Balaban J connectivity index is 1.43. The van der Waals surface area contributed by atoms with Crippen LogP contribution in [0.15, 0.2) is 57.9 Å². The molecule has 9 nitrogen and oxygen atoms in total. The van der Waals surface area contributed by atoms with E-state index in [1.807, 2.05) is 58.0 Å². The summed E-state index contributed by atoms with van der Waals surface area (Å²) in [7, 11) is 1.73. The summed E-state index contributed by atoms with van der Waals surface area (Å²) < 4.78 is 24.3. The molecule has 3 aliphatic rings. The number of imide groups is 1. The molecule has 0 saturated carbocycles. The highest BCUT2D eigenvalue weighted by Crippen LogP contribution is 2.42. The van der Waals surface area contributed by atoms with E-state index >= 15 is 0 Å². The molecule has 0 aromatic heterocycles. The van der Waals surface area contributed by atoms with Gasteiger partial charge in [0.25, 0.3) is 17.7 Å². The number of fused-ring (bicyclic) bond motifs is 2. The first-order chi connectivity index (χ1) is 22.4. The average molecular weight is 612 g/mol. The van der Waals surface area contributed by atoms with Crippen LogP contribution in [0.3, 0.4) is 0 Å². The second kappa shape index (κ2) is 13.5. The summed E-state index contributed by atoms with van der Waals surface area (Å²) in [5, 5.41) is 1.79. The summed E-state index contributed by atoms with van der Waals surface area (Å²) in [4.78, 5) is 60.5. The van der Waals surface area contributed by atoms with Crippen molar-refractivity contribution in [3.8, 4) is 22.5 Å². The number of nitrogens with zero attached hydrogens (tertiary/aromatic N) is 3. The molecule has 1 saturated heterocycles. The van der Waals surface area contributed by atoms with Crippen LogP contribution in [0, 0.1) is 20.8 Å². The van der Waals surface area contributed by atoms with Gasteiger partial charge in [-0.3, -0.25) is 19.4 Å². The minimum atomic E-state index is -0.635. The quantitative estimate of drug-likeness (QED) is 0.118. The van der Waals surface area contributed by atoms with E-state index < -0.39 is 17.8 Å². The summed E-state index contributed by atoms with van der Waals surface area (Å²) in [6.07, 6.45) is 1.89.